The zero-order chi connectivity index (χ0) is 5.82. The lowest BCUT2D eigenvalue weighted by atomic mass is 10.2. The summed E-state index contributed by atoms with van der Waals surface area (Å²) in [6.07, 6.45) is 2.94. The predicted molar refractivity (Wildman–Crippen MR) is 28.2 cm³/mol. The molecule has 0 aromatic rings. The lowest BCUT2D eigenvalue weighted by Gasteiger charge is -1.98. The van der Waals surface area contributed by atoms with Crippen molar-refractivity contribution in [1.29, 1.82) is 5.26 Å². The molecule has 8 heavy (non-hydrogen) atoms. The first-order valence-electron chi connectivity index (χ1n) is 2.48. The second-order valence-corrected chi connectivity index (χ2v) is 1.61. The van der Waals surface area contributed by atoms with Gasteiger partial charge in [0.2, 0.25) is 0 Å². The molecule has 3 nitrogen and oxygen atoms in total. The zero-order valence-corrected chi connectivity index (χ0v) is 4.37. The Morgan fingerprint density at radius 3 is 3.38 bits per heavy atom. The molecule has 1 heterocycles. The van der Waals surface area contributed by atoms with Gasteiger partial charge in [0.15, 0.2) is 0 Å². The van der Waals surface area contributed by atoms with Gasteiger partial charge in [-0.05, 0) is 0 Å². The molecule has 0 amide bonds. The van der Waals surface area contributed by atoms with Crippen LogP contribution < -0.4 is 0 Å². The number of oxime groups is 1. The van der Waals surface area contributed by atoms with Crippen LogP contribution in [-0.4, -0.2) is 12.3 Å². The van der Waals surface area contributed by atoms with Gasteiger partial charge in [0.25, 0.3) is 0 Å². The third-order valence-electron chi connectivity index (χ3n) is 0.972. The van der Waals surface area contributed by atoms with Crippen molar-refractivity contribution in [2.75, 3.05) is 0 Å². The van der Waals surface area contributed by atoms with Gasteiger partial charge in [-0.15, -0.1) is 0 Å². The zero-order valence-electron chi connectivity index (χ0n) is 4.37. The van der Waals surface area contributed by atoms with E-state index in [0.29, 0.717) is 6.42 Å². The first-order valence-corrected chi connectivity index (χ1v) is 2.48. The molecule has 3 heteroatoms. The monoisotopic (exact) mass is 110 g/mol. The minimum atomic E-state index is 0.0278. The molecule has 0 fully saturated rings. The summed E-state index contributed by atoms with van der Waals surface area (Å²) in [6.45, 7) is 0. The fraction of sp³-hybridized carbons (Fsp3) is 0.600. The van der Waals surface area contributed by atoms with Crippen LogP contribution in [0.1, 0.15) is 12.8 Å². The standard InChI is InChI=1S/C5H6N2O/c6-3-1-5-2-4-7-8-5/h4-5H,1-2H2. The number of hydrogen-bond donors (Lipinski definition) is 0. The SMILES string of the molecule is N#CCC1CC=NO1. The second-order valence-electron chi connectivity index (χ2n) is 1.61. The number of hydrogen-bond acceptors (Lipinski definition) is 3. The van der Waals surface area contributed by atoms with Crippen molar-refractivity contribution in [1.82, 2.24) is 0 Å². The Bertz CT molecular complexity index is 128. The van der Waals surface area contributed by atoms with Crippen LogP contribution in [-0.2, 0) is 4.84 Å². The summed E-state index contributed by atoms with van der Waals surface area (Å²) in [6, 6.07) is 2.00. The van der Waals surface area contributed by atoms with Crippen LogP contribution in [0.5, 0.6) is 0 Å². The van der Waals surface area contributed by atoms with Gasteiger partial charge in [-0.3, -0.25) is 0 Å². The van der Waals surface area contributed by atoms with E-state index in [1.165, 1.54) is 0 Å². The topological polar surface area (TPSA) is 45.4 Å². The molecule has 0 radical (unpaired) electrons. The van der Waals surface area contributed by atoms with Gasteiger partial charge in [-0.25, -0.2) is 0 Å². The Morgan fingerprint density at radius 1 is 2.00 bits per heavy atom. The van der Waals surface area contributed by atoms with E-state index >= 15 is 0 Å². The van der Waals surface area contributed by atoms with Crippen molar-refractivity contribution in [3.63, 3.8) is 0 Å². The minimum Gasteiger partial charge on any atom is -0.391 e. The lowest BCUT2D eigenvalue weighted by molar-refractivity contribution is 0.0892. The molecule has 0 saturated carbocycles. The smallest absolute Gasteiger partial charge is 0.145 e. The molecule has 0 aromatic carbocycles. The van der Waals surface area contributed by atoms with Gasteiger partial charge in [0.05, 0.1) is 12.5 Å². The van der Waals surface area contributed by atoms with Gasteiger partial charge in [0, 0.05) is 12.6 Å². The third-order valence-corrected chi connectivity index (χ3v) is 0.972. The van der Waals surface area contributed by atoms with Crippen LogP contribution in [0.25, 0.3) is 0 Å². The highest BCUT2D eigenvalue weighted by molar-refractivity contribution is 5.58. The van der Waals surface area contributed by atoms with E-state index in [2.05, 4.69) is 5.16 Å². The van der Waals surface area contributed by atoms with E-state index in [1.54, 1.807) is 6.21 Å². The molecule has 0 N–H and O–H groups in total. The molecule has 0 spiro atoms. The van der Waals surface area contributed by atoms with Crippen LogP contribution >= 0.6 is 0 Å². The van der Waals surface area contributed by atoms with E-state index in [-0.39, 0.29) is 6.10 Å². The van der Waals surface area contributed by atoms with Gasteiger partial charge in [-0.2, -0.15) is 5.26 Å². The third kappa shape index (κ3) is 0.969. The van der Waals surface area contributed by atoms with Gasteiger partial charge in [-0.1, -0.05) is 5.16 Å². The molecule has 1 rings (SSSR count). The van der Waals surface area contributed by atoms with Crippen LogP contribution in [0.3, 0.4) is 0 Å². The highest BCUT2D eigenvalue weighted by Crippen LogP contribution is 2.06. The van der Waals surface area contributed by atoms with Crippen LogP contribution in [0.2, 0.25) is 0 Å². The molecular formula is C5H6N2O. The van der Waals surface area contributed by atoms with E-state index in [9.17, 15) is 0 Å². The molecule has 1 aliphatic heterocycles. The maximum absolute atomic E-state index is 8.14. The molecule has 0 bridgehead atoms. The van der Waals surface area contributed by atoms with Crippen LogP contribution in [0.4, 0.5) is 0 Å². The Kier molecular flexibility index (Phi) is 1.48. The normalized spacial score (nSPS) is 24.6. The number of rotatable bonds is 1. The molecule has 1 atom stereocenters. The van der Waals surface area contributed by atoms with Crippen molar-refractivity contribution >= 4 is 6.21 Å². The summed E-state index contributed by atoms with van der Waals surface area (Å²) in [5.41, 5.74) is 0. The van der Waals surface area contributed by atoms with E-state index in [0.717, 1.165) is 6.42 Å². The van der Waals surface area contributed by atoms with Gasteiger partial charge < -0.3 is 4.84 Å². The Balaban J connectivity index is 2.22. The summed E-state index contributed by atoms with van der Waals surface area (Å²) in [5.74, 6) is 0. The molecule has 1 unspecified atom stereocenters. The van der Waals surface area contributed by atoms with Crippen molar-refractivity contribution in [3.05, 3.63) is 0 Å². The summed E-state index contributed by atoms with van der Waals surface area (Å²) in [4.78, 5) is 4.74. The molecular weight excluding hydrogens is 104 g/mol. The van der Waals surface area contributed by atoms with Crippen LogP contribution in [0.15, 0.2) is 5.16 Å². The van der Waals surface area contributed by atoms with E-state index in [1.807, 2.05) is 6.07 Å². The predicted octanol–water partition coefficient (Wildman–Crippen LogP) is 0.675. The molecule has 1 aliphatic rings. The largest absolute Gasteiger partial charge is 0.391 e. The summed E-state index contributed by atoms with van der Waals surface area (Å²) in [5, 5.41) is 11.6. The maximum atomic E-state index is 8.14. The highest BCUT2D eigenvalue weighted by atomic mass is 16.6. The van der Waals surface area contributed by atoms with Crippen molar-refractivity contribution in [2.24, 2.45) is 5.16 Å². The van der Waals surface area contributed by atoms with Crippen molar-refractivity contribution in [2.45, 2.75) is 18.9 Å². The maximum Gasteiger partial charge on any atom is 0.145 e. The summed E-state index contributed by atoms with van der Waals surface area (Å²) in [7, 11) is 0. The molecule has 0 aromatic heterocycles. The highest BCUT2D eigenvalue weighted by Gasteiger charge is 2.10. The van der Waals surface area contributed by atoms with E-state index in [4.69, 9.17) is 10.1 Å². The molecule has 0 aliphatic carbocycles. The number of nitrogens with zero attached hydrogens (tertiary/aromatic N) is 2. The Morgan fingerprint density at radius 2 is 2.88 bits per heavy atom. The molecule has 0 saturated heterocycles. The summed E-state index contributed by atoms with van der Waals surface area (Å²) >= 11 is 0. The Hall–Kier alpha value is -1.04. The quantitative estimate of drug-likeness (QED) is 0.498. The van der Waals surface area contributed by atoms with Crippen LogP contribution in [0, 0.1) is 11.3 Å². The first-order chi connectivity index (χ1) is 3.93. The number of nitriles is 1. The Labute approximate surface area is 47.5 Å². The summed E-state index contributed by atoms with van der Waals surface area (Å²) < 4.78 is 0. The van der Waals surface area contributed by atoms with Gasteiger partial charge >= 0.3 is 0 Å². The average molecular weight is 110 g/mol. The lowest BCUT2D eigenvalue weighted by Crippen LogP contribution is -2.02. The average Bonchev–Trinajstić information content (AvgIpc) is 2.19. The fourth-order valence-electron chi connectivity index (χ4n) is 0.555. The minimum absolute atomic E-state index is 0.0278. The van der Waals surface area contributed by atoms with Crippen molar-refractivity contribution in [3.8, 4) is 6.07 Å². The molecule has 42 valence electrons. The first kappa shape index (κ1) is 5.10. The fourth-order valence-corrected chi connectivity index (χ4v) is 0.555. The second kappa shape index (κ2) is 2.31. The van der Waals surface area contributed by atoms with E-state index < -0.39 is 0 Å². The van der Waals surface area contributed by atoms with Crippen molar-refractivity contribution < 1.29 is 4.84 Å². The van der Waals surface area contributed by atoms with Gasteiger partial charge in [0.1, 0.15) is 6.10 Å².